The molecular formula is C80H62BN3S. The number of hydrogen-bond acceptors (Lipinski definition) is 2. The first-order valence-electron chi connectivity index (χ1n) is 29.9. The molecule has 0 saturated carbocycles. The lowest BCUT2D eigenvalue weighted by Gasteiger charge is -2.42. The first kappa shape index (κ1) is 51.1. The zero-order valence-electron chi connectivity index (χ0n) is 48.7. The van der Waals surface area contributed by atoms with Crippen molar-refractivity contribution < 1.29 is 0 Å². The Morgan fingerprint density at radius 3 is 1.45 bits per heavy atom. The molecule has 0 aliphatic carbocycles. The Kier molecular flexibility index (Phi) is 11.7. The molecule has 0 bridgehead atoms. The van der Waals surface area contributed by atoms with Crippen molar-refractivity contribution in [3.8, 4) is 55.9 Å². The molecule has 16 rings (SSSR count). The summed E-state index contributed by atoms with van der Waals surface area (Å²) in [7, 11) is 0. The van der Waals surface area contributed by atoms with E-state index in [1.54, 1.807) is 0 Å². The summed E-state index contributed by atoms with van der Waals surface area (Å²) in [5.74, 6) is 0. The van der Waals surface area contributed by atoms with Crippen molar-refractivity contribution in [1.82, 2.24) is 9.13 Å². The van der Waals surface area contributed by atoms with E-state index >= 15 is 0 Å². The van der Waals surface area contributed by atoms with E-state index in [0.29, 0.717) is 0 Å². The number of fused-ring (bicyclic) bond motifs is 11. The van der Waals surface area contributed by atoms with Crippen LogP contribution in [-0.2, 0) is 10.8 Å². The number of hydrogen-bond donors (Lipinski definition) is 0. The normalized spacial score (nSPS) is 13.0. The third-order valence-corrected chi connectivity index (χ3v) is 19.3. The smallest absolute Gasteiger partial charge is 0.249 e. The summed E-state index contributed by atoms with van der Waals surface area (Å²) in [5.41, 5.74) is 26.6. The molecule has 14 aromatic rings. The number of nitrogens with zero attached hydrogens (tertiary/aromatic N) is 3. The summed E-state index contributed by atoms with van der Waals surface area (Å²) in [4.78, 5) is 5.22. The fraction of sp³-hybridized carbons (Fsp3) is 0.100. The SMILES string of the molecule is CC(C)(C)c1ccc2c(c1)c1cc(C(C)(C)C)ccc1n2-c1cc2c3c(c1)N(c1c(-c4ccccc4)cccc1-c1ccccc1)c1ccc(-c4ccccc4)cc1B3c1ccc3c(c1S2)c1ccccc1n3-c1cccc(-c2ccccc2)c1. The van der Waals surface area contributed by atoms with E-state index in [-0.39, 0.29) is 17.5 Å². The molecule has 2 aromatic heterocycles. The van der Waals surface area contributed by atoms with Crippen molar-refractivity contribution in [3.63, 3.8) is 0 Å². The van der Waals surface area contributed by atoms with Crippen LogP contribution in [0.4, 0.5) is 17.1 Å². The molecule has 0 atom stereocenters. The van der Waals surface area contributed by atoms with E-state index in [2.05, 4.69) is 322 Å². The molecular weight excluding hydrogens is 1050 g/mol. The Hall–Kier alpha value is -9.55. The van der Waals surface area contributed by atoms with Gasteiger partial charge in [-0.3, -0.25) is 0 Å². The van der Waals surface area contributed by atoms with Gasteiger partial charge >= 0.3 is 0 Å². The van der Waals surface area contributed by atoms with E-state index in [9.17, 15) is 0 Å². The largest absolute Gasteiger partial charge is 0.310 e. The molecule has 3 nitrogen and oxygen atoms in total. The topological polar surface area (TPSA) is 13.1 Å². The van der Waals surface area contributed by atoms with E-state index in [4.69, 9.17) is 0 Å². The molecule has 0 N–H and O–H groups in total. The van der Waals surface area contributed by atoms with Crippen LogP contribution in [0.15, 0.2) is 277 Å². The standard InChI is InChI=1S/C80H62BN3S/c1-79(2,3)57-38-42-69-64(47-57)65-48-58(80(4,5)6)39-43-70(65)83(69)60-49-73-76-74(50-60)85-78-66(40-44-72-75(78)63-33-19-20-36-68(63)82(72)59-32-21-31-55(45-59)51-23-11-7-12-24-51)81(76)67-46-56(52-25-13-8-14-26-52)37-41-71(67)84(73)77-61(53-27-15-9-16-28-53)34-22-35-62(77)54-29-17-10-18-30-54/h7-50H,1-6H3. The number of rotatable bonds is 7. The molecule has 85 heavy (non-hydrogen) atoms. The highest BCUT2D eigenvalue weighted by Gasteiger charge is 2.44. The van der Waals surface area contributed by atoms with Crippen molar-refractivity contribution in [3.05, 3.63) is 278 Å². The Labute approximate surface area is 502 Å². The van der Waals surface area contributed by atoms with Crippen molar-refractivity contribution in [2.24, 2.45) is 0 Å². The Morgan fingerprint density at radius 2 is 0.847 bits per heavy atom. The molecule has 0 fully saturated rings. The van der Waals surface area contributed by atoms with Gasteiger partial charge in [-0.25, -0.2) is 0 Å². The Bertz CT molecular complexity index is 4860. The average Bonchev–Trinajstić information content (AvgIpc) is 1.96. The van der Waals surface area contributed by atoms with Gasteiger partial charge in [-0.1, -0.05) is 259 Å². The van der Waals surface area contributed by atoms with Crippen LogP contribution in [0.5, 0.6) is 0 Å². The van der Waals surface area contributed by atoms with E-state index in [0.717, 1.165) is 17.1 Å². The average molecular weight is 1110 g/mol. The molecule has 0 radical (unpaired) electrons. The fourth-order valence-electron chi connectivity index (χ4n) is 13.9. The quantitative estimate of drug-likeness (QED) is 0.148. The van der Waals surface area contributed by atoms with Gasteiger partial charge in [0, 0.05) is 65.2 Å². The van der Waals surface area contributed by atoms with Crippen LogP contribution in [0.1, 0.15) is 52.7 Å². The molecule has 0 spiro atoms. The maximum atomic E-state index is 2.66. The highest BCUT2D eigenvalue weighted by Crippen LogP contribution is 2.52. The predicted octanol–water partition coefficient (Wildman–Crippen LogP) is 19.9. The molecule has 406 valence electrons. The lowest BCUT2D eigenvalue weighted by molar-refractivity contribution is 0.590. The molecule has 0 unspecified atom stereocenters. The lowest BCUT2D eigenvalue weighted by Crippen LogP contribution is -2.60. The van der Waals surface area contributed by atoms with E-state index in [1.807, 2.05) is 11.8 Å². The lowest BCUT2D eigenvalue weighted by atomic mass is 9.34. The minimum absolute atomic E-state index is 0.0324. The van der Waals surface area contributed by atoms with Crippen molar-refractivity contribution in [2.75, 3.05) is 4.90 Å². The first-order valence-corrected chi connectivity index (χ1v) is 30.7. The second-order valence-electron chi connectivity index (χ2n) is 25.3. The highest BCUT2D eigenvalue weighted by atomic mass is 32.2. The van der Waals surface area contributed by atoms with Gasteiger partial charge in [0.2, 0.25) is 6.71 Å². The molecule has 2 aliphatic rings. The van der Waals surface area contributed by atoms with Gasteiger partial charge in [0.15, 0.2) is 0 Å². The molecule has 2 aliphatic heterocycles. The fourth-order valence-corrected chi connectivity index (χ4v) is 15.2. The number of para-hydroxylation sites is 2. The second-order valence-corrected chi connectivity index (χ2v) is 26.3. The molecule has 5 heteroatoms. The van der Waals surface area contributed by atoms with Crippen LogP contribution in [-0.4, -0.2) is 15.8 Å². The zero-order valence-corrected chi connectivity index (χ0v) is 49.5. The van der Waals surface area contributed by atoms with E-state index in [1.165, 1.54) is 137 Å². The maximum Gasteiger partial charge on any atom is 0.249 e. The van der Waals surface area contributed by atoms with Gasteiger partial charge in [0.25, 0.3) is 0 Å². The summed E-state index contributed by atoms with van der Waals surface area (Å²) in [5, 5.41) is 5.08. The van der Waals surface area contributed by atoms with Gasteiger partial charge in [-0.2, -0.15) is 0 Å². The van der Waals surface area contributed by atoms with Gasteiger partial charge in [-0.15, -0.1) is 0 Å². The number of anilines is 3. The predicted molar refractivity (Wildman–Crippen MR) is 364 cm³/mol. The molecule has 4 heterocycles. The summed E-state index contributed by atoms with van der Waals surface area (Å²) >= 11 is 1.96. The summed E-state index contributed by atoms with van der Waals surface area (Å²) in [6.45, 7) is 13.9. The van der Waals surface area contributed by atoms with Crippen LogP contribution in [0.3, 0.4) is 0 Å². The molecule has 0 saturated heterocycles. The zero-order chi connectivity index (χ0) is 57.3. The first-order chi connectivity index (χ1) is 41.4. The van der Waals surface area contributed by atoms with Gasteiger partial charge < -0.3 is 14.0 Å². The van der Waals surface area contributed by atoms with Crippen molar-refractivity contribution in [1.29, 1.82) is 0 Å². The third-order valence-electron chi connectivity index (χ3n) is 18.1. The Morgan fingerprint density at radius 1 is 0.341 bits per heavy atom. The number of benzene rings is 12. The van der Waals surface area contributed by atoms with Gasteiger partial charge in [0.05, 0.1) is 27.8 Å². The summed E-state index contributed by atoms with van der Waals surface area (Å²) in [6.07, 6.45) is 0. The summed E-state index contributed by atoms with van der Waals surface area (Å²) < 4.78 is 5.08. The van der Waals surface area contributed by atoms with Crippen LogP contribution in [0.2, 0.25) is 0 Å². The van der Waals surface area contributed by atoms with Crippen LogP contribution in [0, 0.1) is 0 Å². The van der Waals surface area contributed by atoms with Crippen molar-refractivity contribution in [2.45, 2.75) is 62.2 Å². The molecule has 0 amide bonds. The van der Waals surface area contributed by atoms with E-state index < -0.39 is 0 Å². The number of aromatic nitrogens is 2. The maximum absolute atomic E-state index is 2.66. The minimum atomic E-state index is -0.107. The monoisotopic (exact) mass is 1110 g/mol. The third kappa shape index (κ3) is 8.27. The van der Waals surface area contributed by atoms with Gasteiger partial charge in [-0.05, 0) is 133 Å². The highest BCUT2D eigenvalue weighted by molar-refractivity contribution is 8.00. The Balaban J connectivity index is 1.04. The molecule has 12 aromatic carbocycles. The minimum Gasteiger partial charge on any atom is -0.310 e. The van der Waals surface area contributed by atoms with Gasteiger partial charge in [0.1, 0.15) is 0 Å². The van der Waals surface area contributed by atoms with Crippen LogP contribution >= 0.6 is 11.8 Å². The second kappa shape index (κ2) is 19.5. The van der Waals surface area contributed by atoms with Crippen molar-refractivity contribution >= 4 is 95.5 Å². The van der Waals surface area contributed by atoms with Crippen LogP contribution in [0.25, 0.3) is 99.5 Å². The van der Waals surface area contributed by atoms with Crippen LogP contribution < -0.4 is 21.3 Å². The summed E-state index contributed by atoms with van der Waals surface area (Å²) in [6, 6.07) is 101.